The van der Waals surface area contributed by atoms with Crippen LogP contribution in [0, 0.1) is 14.1 Å². The minimum absolute atomic E-state index is 0.178. The molecule has 0 unspecified atom stereocenters. The van der Waals surface area contributed by atoms with Crippen LogP contribution in [0.1, 0.15) is 5.56 Å². The Morgan fingerprint density at radius 2 is 1.37 bits per heavy atom. The molecule has 0 atom stereocenters. The standard InChI is InChI=1S/C16H15F3IO4.C7H8O3S/c1-21-10-8-13(22-2)15(14(9-10)23-3)20-11-6-4-5-7-12(11)24-16(17,18)19;1-6-2-4-7(5-3-6)11(8,9)10/h4-9H,1-3H3;2-5H,1H3,(H,8,9,10)/q+1;/p-1. The highest BCUT2D eigenvalue weighted by Gasteiger charge is 2.36. The van der Waals surface area contributed by atoms with Crippen LogP contribution < -0.4 is 40.2 Å². The molecule has 0 bridgehead atoms. The smallest absolute Gasteiger partial charge is 0.573 e. The van der Waals surface area contributed by atoms with Gasteiger partial charge in [0.2, 0.25) is 3.57 Å². The normalized spacial score (nSPS) is 11.2. The molecule has 0 saturated heterocycles. The molecular weight excluding hydrogens is 604 g/mol. The van der Waals surface area contributed by atoms with Gasteiger partial charge in [-0.3, -0.25) is 0 Å². The molecular formula is C23H22F3IO7S. The molecule has 3 aromatic rings. The lowest BCUT2D eigenvalue weighted by Gasteiger charge is -2.10. The Balaban J connectivity index is 0.000000328. The highest BCUT2D eigenvalue weighted by molar-refractivity contribution is 7.85. The highest BCUT2D eigenvalue weighted by Crippen LogP contribution is 2.28. The molecule has 0 aliphatic heterocycles. The van der Waals surface area contributed by atoms with Crippen molar-refractivity contribution >= 4 is 10.1 Å². The van der Waals surface area contributed by atoms with E-state index in [-0.39, 0.29) is 10.6 Å². The molecule has 0 spiro atoms. The molecule has 0 fully saturated rings. The zero-order valence-corrected chi connectivity index (χ0v) is 22.0. The molecule has 12 heteroatoms. The third-order valence-electron chi connectivity index (χ3n) is 4.22. The van der Waals surface area contributed by atoms with Crippen LogP contribution in [0.15, 0.2) is 65.6 Å². The number of para-hydroxylation sites is 1. The summed E-state index contributed by atoms with van der Waals surface area (Å²) in [4.78, 5) is -0.178. The fraction of sp³-hybridized carbons (Fsp3) is 0.217. The molecule has 0 aliphatic carbocycles. The van der Waals surface area contributed by atoms with E-state index in [1.807, 2.05) is 6.92 Å². The van der Waals surface area contributed by atoms with Gasteiger partial charge < -0.3 is 23.5 Å². The van der Waals surface area contributed by atoms with Gasteiger partial charge in [-0.1, -0.05) is 29.8 Å². The number of hydrogen-bond acceptors (Lipinski definition) is 7. The number of aryl methyl sites for hydroxylation is 1. The fourth-order valence-corrected chi connectivity index (χ4v) is 5.87. The van der Waals surface area contributed by atoms with Crippen molar-refractivity contribution in [1.82, 2.24) is 0 Å². The summed E-state index contributed by atoms with van der Waals surface area (Å²) in [6.07, 6.45) is -4.74. The second-order valence-corrected chi connectivity index (χ2v) is 10.8. The summed E-state index contributed by atoms with van der Waals surface area (Å²) in [6.45, 7) is 1.82. The van der Waals surface area contributed by atoms with Crippen molar-refractivity contribution < 1.29 is 66.3 Å². The Bertz CT molecular complexity index is 1210. The van der Waals surface area contributed by atoms with Crippen LogP contribution in [0.5, 0.6) is 23.0 Å². The maximum Gasteiger partial charge on any atom is 0.573 e. The lowest BCUT2D eigenvalue weighted by atomic mass is 10.2. The summed E-state index contributed by atoms with van der Waals surface area (Å²) in [5.74, 6) is 1.33. The lowest BCUT2D eigenvalue weighted by molar-refractivity contribution is -0.600. The molecule has 0 N–H and O–H groups in total. The third-order valence-corrected chi connectivity index (χ3v) is 8.15. The minimum atomic E-state index is -4.74. The molecule has 0 amide bonds. The van der Waals surface area contributed by atoms with E-state index in [9.17, 15) is 26.1 Å². The van der Waals surface area contributed by atoms with E-state index in [1.54, 1.807) is 36.4 Å². The third kappa shape index (κ3) is 8.78. The van der Waals surface area contributed by atoms with Gasteiger partial charge in [-0.25, -0.2) is 8.42 Å². The Kier molecular flexibility index (Phi) is 10.0. The first-order valence-electron chi connectivity index (χ1n) is 9.70. The average molecular weight is 626 g/mol. The first-order valence-corrected chi connectivity index (χ1v) is 13.3. The second kappa shape index (κ2) is 12.3. The summed E-state index contributed by atoms with van der Waals surface area (Å²) in [7, 11) is 0.211. The Morgan fingerprint density at radius 3 is 1.83 bits per heavy atom. The van der Waals surface area contributed by atoms with E-state index in [2.05, 4.69) is 4.74 Å². The van der Waals surface area contributed by atoms with Crippen molar-refractivity contribution in [2.24, 2.45) is 0 Å². The van der Waals surface area contributed by atoms with Crippen LogP contribution in [0.4, 0.5) is 13.2 Å². The van der Waals surface area contributed by atoms with Crippen LogP contribution in [0.25, 0.3) is 0 Å². The zero-order chi connectivity index (χ0) is 26.2. The van der Waals surface area contributed by atoms with Gasteiger partial charge in [-0.15, -0.1) is 13.2 Å². The summed E-state index contributed by atoms with van der Waals surface area (Å²) in [5, 5.41) is 0. The number of benzene rings is 3. The van der Waals surface area contributed by atoms with Crippen molar-refractivity contribution in [3.8, 4) is 23.0 Å². The number of hydrogen-bond donors (Lipinski definition) is 0. The van der Waals surface area contributed by atoms with Crippen LogP contribution in [-0.4, -0.2) is 40.7 Å². The van der Waals surface area contributed by atoms with Gasteiger partial charge in [0.1, 0.15) is 15.9 Å². The van der Waals surface area contributed by atoms with Gasteiger partial charge in [-0.2, -0.15) is 0 Å². The molecule has 0 saturated carbocycles. The van der Waals surface area contributed by atoms with Crippen molar-refractivity contribution in [2.45, 2.75) is 18.2 Å². The van der Waals surface area contributed by atoms with Crippen LogP contribution in [0.3, 0.4) is 0 Å². The summed E-state index contributed by atoms with van der Waals surface area (Å²) >= 11 is -1.05. The lowest BCUT2D eigenvalue weighted by Crippen LogP contribution is -3.61. The predicted molar refractivity (Wildman–Crippen MR) is 116 cm³/mol. The van der Waals surface area contributed by atoms with Crippen LogP contribution in [0.2, 0.25) is 0 Å². The molecule has 7 nitrogen and oxygen atoms in total. The average Bonchev–Trinajstić information content (AvgIpc) is 2.79. The van der Waals surface area contributed by atoms with Gasteiger partial charge in [0.15, 0.2) is 17.2 Å². The quantitative estimate of drug-likeness (QED) is 0.291. The monoisotopic (exact) mass is 626 g/mol. The topological polar surface area (TPSA) is 94.1 Å². The number of rotatable bonds is 7. The maximum atomic E-state index is 12.6. The molecule has 0 aliphatic rings. The van der Waals surface area contributed by atoms with Crippen molar-refractivity contribution in [3.63, 3.8) is 0 Å². The Labute approximate surface area is 211 Å². The summed E-state index contributed by atoms with van der Waals surface area (Å²) in [5.41, 5.74) is 0.928. The highest BCUT2D eigenvalue weighted by atomic mass is 127. The second-order valence-electron chi connectivity index (χ2n) is 6.69. The first kappa shape index (κ1) is 28.5. The number of halogens is 4. The molecule has 0 aromatic heterocycles. The Morgan fingerprint density at radius 1 is 0.829 bits per heavy atom. The van der Waals surface area contributed by atoms with Gasteiger partial charge in [0, 0.05) is 12.1 Å². The van der Waals surface area contributed by atoms with E-state index in [0.29, 0.717) is 24.4 Å². The molecule has 190 valence electrons. The number of alkyl halides is 3. The first-order chi connectivity index (χ1) is 16.4. The largest absolute Gasteiger partial charge is 0.744 e. The van der Waals surface area contributed by atoms with Gasteiger partial charge >= 0.3 is 27.6 Å². The van der Waals surface area contributed by atoms with E-state index in [0.717, 1.165) is 5.56 Å². The van der Waals surface area contributed by atoms with Crippen molar-refractivity contribution in [2.75, 3.05) is 21.3 Å². The summed E-state index contributed by atoms with van der Waals surface area (Å²) in [6, 6.07) is 15.2. The van der Waals surface area contributed by atoms with E-state index in [1.165, 1.54) is 45.6 Å². The van der Waals surface area contributed by atoms with Gasteiger partial charge in [0.25, 0.3) is 3.57 Å². The van der Waals surface area contributed by atoms with Crippen LogP contribution in [-0.2, 0) is 10.1 Å². The van der Waals surface area contributed by atoms with Gasteiger partial charge in [-0.05, 0) is 31.2 Å². The molecule has 35 heavy (non-hydrogen) atoms. The van der Waals surface area contributed by atoms with Crippen molar-refractivity contribution in [1.29, 1.82) is 0 Å². The zero-order valence-electron chi connectivity index (χ0n) is 19.1. The van der Waals surface area contributed by atoms with Gasteiger partial charge in [0.05, 0.1) is 26.2 Å². The SMILES string of the molecule is COc1cc(OC)c([I+]c2ccccc2OC(F)(F)F)c(OC)c1.Cc1ccc(S(=O)(=O)[O-])cc1. The minimum Gasteiger partial charge on any atom is -0.744 e. The Hall–Kier alpha value is -2.71. The molecule has 0 radical (unpaired) electrons. The van der Waals surface area contributed by atoms with E-state index < -0.39 is 37.7 Å². The van der Waals surface area contributed by atoms with E-state index in [4.69, 9.17) is 14.2 Å². The summed E-state index contributed by atoms with van der Waals surface area (Å²) < 4.78 is 90.0. The molecule has 0 heterocycles. The molecule has 3 rings (SSSR count). The fourth-order valence-electron chi connectivity index (χ4n) is 2.59. The number of methoxy groups -OCH3 is 3. The van der Waals surface area contributed by atoms with Crippen LogP contribution >= 0.6 is 0 Å². The molecule has 3 aromatic carbocycles. The number of ether oxygens (including phenoxy) is 4. The predicted octanol–water partition coefficient (Wildman–Crippen LogP) is 1.64. The van der Waals surface area contributed by atoms with Crippen molar-refractivity contribution in [3.05, 3.63) is 73.4 Å². The maximum absolute atomic E-state index is 12.6. The van der Waals surface area contributed by atoms with E-state index >= 15 is 0 Å².